The molecule has 3 heterocycles. The second kappa shape index (κ2) is 14.4. The minimum absolute atomic E-state index is 0.215. The molecule has 0 radical (unpaired) electrons. The number of aromatic nitrogens is 1. The van der Waals surface area contributed by atoms with Crippen molar-refractivity contribution in [3.8, 4) is 17.1 Å². The summed E-state index contributed by atoms with van der Waals surface area (Å²) in [7, 11) is 0. The van der Waals surface area contributed by atoms with Crippen molar-refractivity contribution in [2.24, 2.45) is 15.9 Å². The predicted molar refractivity (Wildman–Crippen MR) is 174 cm³/mol. The van der Waals surface area contributed by atoms with Crippen molar-refractivity contribution in [3.05, 3.63) is 57.9 Å². The molecule has 12 heteroatoms. The van der Waals surface area contributed by atoms with Gasteiger partial charge in [-0.05, 0) is 88.2 Å². The van der Waals surface area contributed by atoms with E-state index < -0.39 is 11.6 Å². The zero-order valence-corrected chi connectivity index (χ0v) is 26.6. The number of β-amino-alcohol motifs (C(OH)–C–C–N with tert-alkyl or cyclic N) is 1. The van der Waals surface area contributed by atoms with Gasteiger partial charge in [0, 0.05) is 67.4 Å². The SMILES string of the molecule is C=NC(=N/C=C(\C)Oc1cc(CN2CCC(CC(=O)O)CC2)cc(-c2cc(Cl)cc(Cl)c2)n1)N1CCN(CC2(O)CC2)CC1. The highest BCUT2D eigenvalue weighted by atomic mass is 35.5. The summed E-state index contributed by atoms with van der Waals surface area (Å²) in [5.41, 5.74) is 1.98. The van der Waals surface area contributed by atoms with Gasteiger partial charge in [0.15, 0.2) is 0 Å². The number of nitrogens with zero attached hydrogens (tertiary/aromatic N) is 6. The molecule has 44 heavy (non-hydrogen) atoms. The Hall–Kier alpha value is -3.02. The fraction of sp³-hybridized carbons (Fsp3) is 0.500. The third-order valence-electron chi connectivity index (χ3n) is 8.37. The minimum atomic E-state index is -0.736. The van der Waals surface area contributed by atoms with E-state index >= 15 is 0 Å². The van der Waals surface area contributed by atoms with Crippen LogP contribution in [0.1, 0.15) is 44.6 Å². The molecule has 0 bridgehead atoms. The van der Waals surface area contributed by atoms with Gasteiger partial charge in [0.05, 0.1) is 17.5 Å². The Morgan fingerprint density at radius 2 is 1.75 bits per heavy atom. The fourth-order valence-corrected chi connectivity index (χ4v) is 6.32. The smallest absolute Gasteiger partial charge is 0.303 e. The lowest BCUT2D eigenvalue weighted by atomic mass is 9.93. The van der Waals surface area contributed by atoms with Crippen molar-refractivity contribution < 1.29 is 19.7 Å². The summed E-state index contributed by atoms with van der Waals surface area (Å²) in [6.45, 7) is 11.8. The zero-order valence-electron chi connectivity index (χ0n) is 25.1. The molecule has 2 aromatic rings. The summed E-state index contributed by atoms with van der Waals surface area (Å²) >= 11 is 12.6. The van der Waals surface area contributed by atoms with Crippen LogP contribution in [0.15, 0.2) is 52.3 Å². The Kier molecular flexibility index (Phi) is 10.6. The van der Waals surface area contributed by atoms with Crippen LogP contribution in [0.25, 0.3) is 11.3 Å². The normalized spacial score (nSPS) is 20.0. The van der Waals surface area contributed by atoms with Gasteiger partial charge in [0.2, 0.25) is 11.8 Å². The van der Waals surface area contributed by atoms with Gasteiger partial charge in [-0.2, -0.15) is 0 Å². The molecule has 0 spiro atoms. The number of rotatable bonds is 10. The molecule has 2 saturated heterocycles. The summed E-state index contributed by atoms with van der Waals surface area (Å²) in [4.78, 5) is 31.3. The number of piperidine rings is 1. The van der Waals surface area contributed by atoms with E-state index in [0.717, 1.165) is 82.6 Å². The maximum Gasteiger partial charge on any atom is 0.303 e. The number of carboxylic acid groups (broad SMARTS) is 1. The monoisotopic (exact) mass is 642 g/mol. The quantitative estimate of drug-likeness (QED) is 0.207. The Labute approximate surface area is 268 Å². The number of aliphatic carboxylic acids is 1. The van der Waals surface area contributed by atoms with Crippen LogP contribution in [0.2, 0.25) is 10.0 Å². The molecule has 5 rings (SSSR count). The number of likely N-dealkylation sites (tertiary alicyclic amines) is 1. The van der Waals surface area contributed by atoms with E-state index in [1.165, 1.54) is 0 Å². The van der Waals surface area contributed by atoms with Crippen LogP contribution in [0.4, 0.5) is 0 Å². The summed E-state index contributed by atoms with van der Waals surface area (Å²) in [5.74, 6) is 0.958. The largest absolute Gasteiger partial charge is 0.481 e. The topological polar surface area (TPSA) is 114 Å². The number of aliphatic imine (C=N–C) groups is 2. The van der Waals surface area contributed by atoms with E-state index in [1.54, 1.807) is 12.3 Å². The number of carboxylic acids is 1. The van der Waals surface area contributed by atoms with Gasteiger partial charge in [-0.3, -0.25) is 14.6 Å². The first kappa shape index (κ1) is 32.4. The molecule has 0 atom stereocenters. The first-order valence-corrected chi connectivity index (χ1v) is 15.8. The number of benzene rings is 1. The molecular formula is C32H40Cl2N6O4. The summed E-state index contributed by atoms with van der Waals surface area (Å²) in [6, 6.07) is 9.25. The van der Waals surface area contributed by atoms with Gasteiger partial charge in [0.1, 0.15) is 5.76 Å². The van der Waals surface area contributed by atoms with Gasteiger partial charge in [0.25, 0.3) is 0 Å². The number of carbonyl (C=O) groups is 1. The van der Waals surface area contributed by atoms with Gasteiger partial charge < -0.3 is 19.8 Å². The molecule has 0 amide bonds. The Balaban J connectivity index is 1.29. The van der Waals surface area contributed by atoms with Crippen molar-refractivity contribution in [1.29, 1.82) is 0 Å². The van der Waals surface area contributed by atoms with Crippen molar-refractivity contribution in [2.45, 2.75) is 51.2 Å². The van der Waals surface area contributed by atoms with Gasteiger partial charge in [-0.15, -0.1) is 0 Å². The summed E-state index contributed by atoms with van der Waals surface area (Å²) in [5, 5.41) is 20.4. The van der Waals surface area contributed by atoms with Crippen LogP contribution < -0.4 is 4.74 Å². The number of ether oxygens (including phenoxy) is 1. The van der Waals surface area contributed by atoms with Crippen LogP contribution >= 0.6 is 23.2 Å². The van der Waals surface area contributed by atoms with Crippen molar-refractivity contribution in [3.63, 3.8) is 0 Å². The molecule has 236 valence electrons. The lowest BCUT2D eigenvalue weighted by Crippen LogP contribution is -2.50. The van der Waals surface area contributed by atoms with Gasteiger partial charge in [-0.1, -0.05) is 23.2 Å². The molecule has 1 saturated carbocycles. The molecule has 0 unspecified atom stereocenters. The predicted octanol–water partition coefficient (Wildman–Crippen LogP) is 5.18. The minimum Gasteiger partial charge on any atom is -0.481 e. The van der Waals surface area contributed by atoms with Crippen LogP contribution in [0, 0.1) is 5.92 Å². The van der Waals surface area contributed by atoms with Crippen LogP contribution in [0.5, 0.6) is 5.88 Å². The highest BCUT2D eigenvalue weighted by Crippen LogP contribution is 2.36. The van der Waals surface area contributed by atoms with E-state index in [9.17, 15) is 9.90 Å². The van der Waals surface area contributed by atoms with E-state index in [-0.39, 0.29) is 12.3 Å². The number of guanidine groups is 1. The first-order valence-electron chi connectivity index (χ1n) is 15.1. The number of piperazine rings is 1. The lowest BCUT2D eigenvalue weighted by Gasteiger charge is -2.36. The number of aliphatic hydroxyl groups is 1. The third kappa shape index (κ3) is 9.25. The second-order valence-electron chi connectivity index (χ2n) is 12.1. The van der Waals surface area contributed by atoms with Crippen molar-refractivity contribution >= 4 is 41.8 Å². The maximum atomic E-state index is 11.1. The molecule has 3 fully saturated rings. The standard InChI is InChI=1S/C32H40Cl2N6O4/c1-22(19-36-31(35-2)40-11-9-39(10-12-40)21-32(43)5-6-32)44-29-14-24(20-38-7-3-23(4-8-38)15-30(41)42)13-28(37-29)25-16-26(33)18-27(34)17-25/h13-14,16-19,23,43H,2-12,15,20-21H2,1H3,(H,41,42)/b22-19+,36-31?. The fourth-order valence-electron chi connectivity index (χ4n) is 5.79. The summed E-state index contributed by atoms with van der Waals surface area (Å²) in [6.07, 6.45) is 5.33. The van der Waals surface area contributed by atoms with E-state index in [1.807, 2.05) is 31.2 Å². The average Bonchev–Trinajstić information content (AvgIpc) is 3.70. The Bertz CT molecular complexity index is 1390. The van der Waals surface area contributed by atoms with E-state index in [2.05, 4.69) is 31.4 Å². The molecule has 3 aliphatic rings. The van der Waals surface area contributed by atoms with Crippen molar-refractivity contribution in [2.75, 3.05) is 45.8 Å². The molecular weight excluding hydrogens is 603 g/mol. The maximum absolute atomic E-state index is 11.1. The second-order valence-corrected chi connectivity index (χ2v) is 13.0. The number of pyridine rings is 1. The molecule has 2 N–H and O–H groups in total. The zero-order chi connectivity index (χ0) is 31.3. The van der Waals surface area contributed by atoms with Crippen LogP contribution in [-0.4, -0.2) is 100.0 Å². The van der Waals surface area contributed by atoms with Crippen LogP contribution in [0.3, 0.4) is 0 Å². The van der Waals surface area contributed by atoms with Gasteiger partial charge in [-0.25, -0.2) is 15.0 Å². The number of hydrogen-bond acceptors (Lipinski definition) is 7. The molecule has 1 aromatic heterocycles. The lowest BCUT2D eigenvalue weighted by molar-refractivity contribution is -0.138. The van der Waals surface area contributed by atoms with Crippen LogP contribution in [-0.2, 0) is 11.3 Å². The average molecular weight is 644 g/mol. The molecule has 1 aliphatic carbocycles. The molecule has 1 aromatic carbocycles. The van der Waals surface area contributed by atoms with Gasteiger partial charge >= 0.3 is 5.97 Å². The number of allylic oxidation sites excluding steroid dienone is 1. The highest BCUT2D eigenvalue weighted by molar-refractivity contribution is 6.35. The summed E-state index contributed by atoms with van der Waals surface area (Å²) < 4.78 is 6.17. The molecule has 2 aliphatic heterocycles. The number of halogens is 2. The Morgan fingerprint density at radius 1 is 1.07 bits per heavy atom. The van der Waals surface area contributed by atoms with Crippen molar-refractivity contribution in [1.82, 2.24) is 19.7 Å². The highest BCUT2D eigenvalue weighted by Gasteiger charge is 2.42. The number of hydrogen-bond donors (Lipinski definition) is 2. The van der Waals surface area contributed by atoms with E-state index in [4.69, 9.17) is 38.0 Å². The first-order chi connectivity index (χ1) is 21.1. The Morgan fingerprint density at radius 3 is 2.36 bits per heavy atom. The molecule has 10 nitrogen and oxygen atoms in total. The van der Waals surface area contributed by atoms with E-state index in [0.29, 0.717) is 39.9 Å². The third-order valence-corrected chi connectivity index (χ3v) is 8.80.